The van der Waals surface area contributed by atoms with Gasteiger partial charge in [0.05, 0.1) is 5.69 Å². The molecule has 1 aromatic heterocycles. The summed E-state index contributed by atoms with van der Waals surface area (Å²) in [5, 5.41) is 11.4. The summed E-state index contributed by atoms with van der Waals surface area (Å²) in [5.74, 6) is 0.882. The minimum atomic E-state index is -0.0154. The smallest absolute Gasteiger partial charge is 0.251 e. The highest BCUT2D eigenvalue weighted by Gasteiger charge is 2.26. The molecule has 6 heteroatoms. The number of hydrogen-bond acceptors (Lipinski definition) is 3. The summed E-state index contributed by atoms with van der Waals surface area (Å²) in [4.78, 5) is 14.7. The number of benzene rings is 2. The van der Waals surface area contributed by atoms with Crippen LogP contribution in [0.25, 0.3) is 11.3 Å². The fourth-order valence-corrected chi connectivity index (χ4v) is 3.62. The van der Waals surface area contributed by atoms with E-state index in [-0.39, 0.29) is 11.9 Å². The second kappa shape index (κ2) is 8.07. The van der Waals surface area contributed by atoms with Gasteiger partial charge in [-0.1, -0.05) is 42.8 Å². The van der Waals surface area contributed by atoms with E-state index in [0.29, 0.717) is 10.6 Å². The zero-order valence-electron chi connectivity index (χ0n) is 15.8. The third-order valence-corrected chi connectivity index (χ3v) is 5.44. The van der Waals surface area contributed by atoms with E-state index >= 15 is 0 Å². The van der Waals surface area contributed by atoms with Gasteiger partial charge in [0.15, 0.2) is 5.82 Å². The number of amides is 1. The maximum Gasteiger partial charge on any atom is 0.251 e. The Bertz CT molecular complexity index is 949. The van der Waals surface area contributed by atoms with Crippen molar-refractivity contribution in [3.8, 4) is 11.3 Å². The second-order valence-electron chi connectivity index (χ2n) is 7.10. The Hall–Kier alpha value is -2.79. The second-order valence-corrected chi connectivity index (χ2v) is 7.54. The lowest BCUT2D eigenvalue weighted by Crippen LogP contribution is -2.37. The van der Waals surface area contributed by atoms with E-state index in [1.54, 1.807) is 0 Å². The first kappa shape index (κ1) is 18.6. The molecule has 2 aromatic carbocycles. The monoisotopic (exact) mass is 394 g/mol. The molecule has 1 aliphatic heterocycles. The van der Waals surface area contributed by atoms with Gasteiger partial charge in [0.1, 0.15) is 0 Å². The van der Waals surface area contributed by atoms with Crippen LogP contribution < -0.4 is 10.2 Å². The van der Waals surface area contributed by atoms with Gasteiger partial charge in [0.2, 0.25) is 0 Å². The molecule has 0 spiro atoms. The van der Waals surface area contributed by atoms with Gasteiger partial charge in [0, 0.05) is 35.8 Å². The number of carbonyl (C=O) groups is 1. The average molecular weight is 395 g/mol. The van der Waals surface area contributed by atoms with E-state index in [1.807, 2.05) is 54.6 Å². The standard InChI is InChI=1S/C22H23ClN4O/c1-2-15-3-5-17(6-4-15)22(28)24-19-11-12-27(14-19)21-13-20(25-26-21)16-7-9-18(23)10-8-16/h3-10,13,19H,2,11-12,14H2,1H3,(H,24,28)(H,25,26)/t19-/m0/s1. The minimum Gasteiger partial charge on any atom is -0.353 e. The van der Waals surface area contributed by atoms with Crippen molar-refractivity contribution >= 4 is 23.3 Å². The lowest BCUT2D eigenvalue weighted by Gasteiger charge is -2.16. The third kappa shape index (κ3) is 4.04. The number of H-pyrrole nitrogens is 1. The molecule has 2 N–H and O–H groups in total. The first-order valence-corrected chi connectivity index (χ1v) is 9.96. The van der Waals surface area contributed by atoms with E-state index < -0.39 is 0 Å². The lowest BCUT2D eigenvalue weighted by atomic mass is 10.1. The molecule has 3 aromatic rings. The highest BCUT2D eigenvalue weighted by atomic mass is 35.5. The van der Waals surface area contributed by atoms with Crippen LogP contribution in [-0.2, 0) is 6.42 Å². The average Bonchev–Trinajstić information content (AvgIpc) is 3.38. The van der Waals surface area contributed by atoms with Gasteiger partial charge < -0.3 is 10.2 Å². The fourth-order valence-electron chi connectivity index (χ4n) is 3.50. The van der Waals surface area contributed by atoms with E-state index in [1.165, 1.54) is 5.56 Å². The Morgan fingerprint density at radius 1 is 1.21 bits per heavy atom. The molecular weight excluding hydrogens is 372 g/mol. The first-order chi connectivity index (χ1) is 13.6. The van der Waals surface area contributed by atoms with E-state index in [0.717, 1.165) is 43.0 Å². The maximum atomic E-state index is 12.5. The Labute approximate surface area is 169 Å². The highest BCUT2D eigenvalue weighted by Crippen LogP contribution is 2.25. The van der Waals surface area contributed by atoms with E-state index in [2.05, 4.69) is 27.3 Å². The molecule has 0 unspecified atom stereocenters. The number of halogens is 1. The van der Waals surface area contributed by atoms with Crippen molar-refractivity contribution in [2.75, 3.05) is 18.0 Å². The molecule has 28 heavy (non-hydrogen) atoms. The van der Waals surface area contributed by atoms with Gasteiger partial charge in [0.25, 0.3) is 5.91 Å². The van der Waals surface area contributed by atoms with Crippen LogP contribution in [0.5, 0.6) is 0 Å². The van der Waals surface area contributed by atoms with Gasteiger partial charge in [-0.25, -0.2) is 0 Å². The van der Waals surface area contributed by atoms with Gasteiger partial charge in [-0.2, -0.15) is 5.10 Å². The Morgan fingerprint density at radius 3 is 2.68 bits per heavy atom. The largest absolute Gasteiger partial charge is 0.353 e. The topological polar surface area (TPSA) is 61.0 Å². The van der Waals surface area contributed by atoms with Crippen molar-refractivity contribution in [1.82, 2.24) is 15.5 Å². The molecule has 1 aliphatic rings. The molecule has 0 aliphatic carbocycles. The summed E-state index contributed by atoms with van der Waals surface area (Å²) < 4.78 is 0. The van der Waals surface area contributed by atoms with Crippen molar-refractivity contribution in [2.24, 2.45) is 0 Å². The summed E-state index contributed by atoms with van der Waals surface area (Å²) in [5.41, 5.74) is 3.94. The van der Waals surface area contributed by atoms with Crippen LogP contribution in [-0.4, -0.2) is 35.2 Å². The number of nitrogens with one attached hydrogen (secondary N) is 2. The van der Waals surface area contributed by atoms with Crippen LogP contribution in [0.15, 0.2) is 54.6 Å². The molecule has 4 rings (SSSR count). The van der Waals surface area contributed by atoms with Crippen molar-refractivity contribution < 1.29 is 4.79 Å². The minimum absolute atomic E-state index is 0.0154. The van der Waals surface area contributed by atoms with Crippen molar-refractivity contribution in [2.45, 2.75) is 25.8 Å². The molecular formula is C22H23ClN4O. The van der Waals surface area contributed by atoms with Crippen LogP contribution in [0.4, 0.5) is 5.82 Å². The first-order valence-electron chi connectivity index (χ1n) is 9.58. The van der Waals surface area contributed by atoms with Crippen molar-refractivity contribution in [3.05, 3.63) is 70.7 Å². The molecule has 1 fully saturated rings. The Morgan fingerprint density at radius 2 is 1.96 bits per heavy atom. The summed E-state index contributed by atoms with van der Waals surface area (Å²) in [6.45, 7) is 3.73. The van der Waals surface area contributed by atoms with Gasteiger partial charge >= 0.3 is 0 Å². The molecule has 5 nitrogen and oxygen atoms in total. The van der Waals surface area contributed by atoms with Crippen LogP contribution in [0.2, 0.25) is 5.02 Å². The fraction of sp³-hybridized carbons (Fsp3) is 0.273. The van der Waals surface area contributed by atoms with E-state index in [4.69, 9.17) is 11.6 Å². The number of aromatic nitrogens is 2. The van der Waals surface area contributed by atoms with Gasteiger partial charge in [-0.3, -0.25) is 9.89 Å². The zero-order valence-corrected chi connectivity index (χ0v) is 16.5. The predicted molar refractivity (Wildman–Crippen MR) is 113 cm³/mol. The number of carbonyl (C=O) groups excluding carboxylic acids is 1. The summed E-state index contributed by atoms with van der Waals surface area (Å²) in [6.07, 6.45) is 1.88. The molecule has 0 saturated carbocycles. The highest BCUT2D eigenvalue weighted by molar-refractivity contribution is 6.30. The summed E-state index contributed by atoms with van der Waals surface area (Å²) in [7, 11) is 0. The summed E-state index contributed by atoms with van der Waals surface area (Å²) in [6, 6.07) is 17.6. The number of rotatable bonds is 5. The normalized spacial score (nSPS) is 16.4. The quantitative estimate of drug-likeness (QED) is 0.678. The number of hydrogen-bond donors (Lipinski definition) is 2. The van der Waals surface area contributed by atoms with Crippen LogP contribution in [0, 0.1) is 0 Å². The Kier molecular flexibility index (Phi) is 5.35. The third-order valence-electron chi connectivity index (χ3n) is 5.19. The molecule has 144 valence electrons. The van der Waals surface area contributed by atoms with Crippen LogP contribution in [0.1, 0.15) is 29.3 Å². The molecule has 0 radical (unpaired) electrons. The number of aryl methyl sites for hydroxylation is 1. The van der Waals surface area contributed by atoms with Gasteiger partial charge in [-0.15, -0.1) is 0 Å². The molecule has 1 saturated heterocycles. The molecule has 2 heterocycles. The molecule has 0 bridgehead atoms. The SMILES string of the molecule is CCc1ccc(C(=O)N[C@H]2CCN(c3cc(-c4ccc(Cl)cc4)[nH]n3)C2)cc1. The number of anilines is 1. The maximum absolute atomic E-state index is 12.5. The van der Waals surface area contributed by atoms with Crippen LogP contribution in [0.3, 0.4) is 0 Å². The molecule has 1 amide bonds. The molecule has 1 atom stereocenters. The van der Waals surface area contributed by atoms with E-state index in [9.17, 15) is 4.79 Å². The Balaban J connectivity index is 1.37. The zero-order chi connectivity index (χ0) is 19.5. The lowest BCUT2D eigenvalue weighted by molar-refractivity contribution is 0.0940. The van der Waals surface area contributed by atoms with Gasteiger partial charge in [-0.05, 0) is 48.2 Å². The summed E-state index contributed by atoms with van der Waals surface area (Å²) >= 11 is 5.96. The van der Waals surface area contributed by atoms with Crippen molar-refractivity contribution in [1.29, 1.82) is 0 Å². The predicted octanol–water partition coefficient (Wildman–Crippen LogP) is 4.30. The number of nitrogens with zero attached hydrogens (tertiary/aromatic N) is 2. The van der Waals surface area contributed by atoms with Crippen LogP contribution >= 0.6 is 11.6 Å². The van der Waals surface area contributed by atoms with Crippen molar-refractivity contribution in [3.63, 3.8) is 0 Å². The number of aromatic amines is 1.